The van der Waals surface area contributed by atoms with Crippen LogP contribution < -0.4 is 5.32 Å². The van der Waals surface area contributed by atoms with E-state index >= 15 is 0 Å². The first-order valence-electron chi connectivity index (χ1n) is 6.68. The summed E-state index contributed by atoms with van der Waals surface area (Å²) in [6.07, 6.45) is 0. The van der Waals surface area contributed by atoms with Gasteiger partial charge in [0.15, 0.2) is 11.8 Å². The summed E-state index contributed by atoms with van der Waals surface area (Å²) in [5.41, 5.74) is 1.25. The highest BCUT2D eigenvalue weighted by atomic mass is 16.4. The van der Waals surface area contributed by atoms with Crippen LogP contribution in [0.15, 0.2) is 54.6 Å². The van der Waals surface area contributed by atoms with Crippen LogP contribution in [0.3, 0.4) is 0 Å². The summed E-state index contributed by atoms with van der Waals surface area (Å²) in [6.45, 7) is 1.24. The largest absolute Gasteiger partial charge is 0.479 e. The van der Waals surface area contributed by atoms with E-state index in [0.717, 1.165) is 0 Å². The van der Waals surface area contributed by atoms with Crippen molar-refractivity contribution in [3.8, 4) is 0 Å². The molecule has 1 amide bonds. The first-order valence-corrected chi connectivity index (χ1v) is 6.68. The first-order chi connectivity index (χ1) is 10.5. The molecule has 5 heteroatoms. The maximum absolute atomic E-state index is 12.4. The zero-order valence-electron chi connectivity index (χ0n) is 11.9. The zero-order chi connectivity index (χ0) is 16.1. The molecule has 112 valence electrons. The predicted molar refractivity (Wildman–Crippen MR) is 80.5 cm³/mol. The number of amides is 1. The Bertz CT molecular complexity index is 710. The van der Waals surface area contributed by atoms with Crippen LogP contribution in [0.25, 0.3) is 0 Å². The van der Waals surface area contributed by atoms with Gasteiger partial charge in [0.05, 0.1) is 0 Å². The lowest BCUT2D eigenvalue weighted by Crippen LogP contribution is -2.32. The molecule has 2 rings (SSSR count). The molecular formula is C17H15NO4. The van der Waals surface area contributed by atoms with Gasteiger partial charge in [-0.15, -0.1) is 0 Å². The van der Waals surface area contributed by atoms with Crippen molar-refractivity contribution in [3.05, 3.63) is 71.3 Å². The predicted octanol–water partition coefficient (Wildman–Crippen LogP) is 2.18. The number of carbonyl (C=O) groups excluding carboxylic acids is 2. The second-order valence-corrected chi connectivity index (χ2v) is 4.79. The van der Waals surface area contributed by atoms with E-state index in [0.29, 0.717) is 16.7 Å². The lowest BCUT2D eigenvalue weighted by molar-refractivity contribution is -0.141. The van der Waals surface area contributed by atoms with Gasteiger partial charge in [0, 0.05) is 18.1 Å². The van der Waals surface area contributed by atoms with Crippen LogP contribution in [-0.4, -0.2) is 22.8 Å². The smallest absolute Gasteiger partial charge is 0.330 e. The molecule has 0 aliphatic heterocycles. The summed E-state index contributed by atoms with van der Waals surface area (Å²) in [5.74, 6) is -1.83. The monoisotopic (exact) mass is 297 g/mol. The number of carbonyl (C=O) groups is 3. The summed E-state index contributed by atoms with van der Waals surface area (Å²) < 4.78 is 0. The van der Waals surface area contributed by atoms with E-state index in [1.807, 2.05) is 6.07 Å². The first kappa shape index (κ1) is 15.4. The third kappa shape index (κ3) is 3.58. The lowest BCUT2D eigenvalue weighted by atomic mass is 9.98. The molecule has 0 radical (unpaired) electrons. The number of aliphatic carboxylic acids is 1. The quantitative estimate of drug-likeness (QED) is 0.829. The number of carboxylic acid groups (broad SMARTS) is 1. The minimum absolute atomic E-state index is 0.200. The third-order valence-corrected chi connectivity index (χ3v) is 3.11. The summed E-state index contributed by atoms with van der Waals surface area (Å²) in [7, 11) is 0. The van der Waals surface area contributed by atoms with Gasteiger partial charge in [-0.2, -0.15) is 0 Å². The topological polar surface area (TPSA) is 83.5 Å². The van der Waals surface area contributed by atoms with Crippen LogP contribution in [-0.2, 0) is 9.59 Å². The maximum atomic E-state index is 12.4. The molecule has 0 heterocycles. The van der Waals surface area contributed by atoms with E-state index < -0.39 is 17.9 Å². The Morgan fingerprint density at radius 3 is 2.18 bits per heavy atom. The Morgan fingerprint density at radius 1 is 0.955 bits per heavy atom. The molecule has 22 heavy (non-hydrogen) atoms. The molecule has 0 aromatic heterocycles. The van der Waals surface area contributed by atoms with Crippen molar-refractivity contribution < 1.29 is 19.5 Å². The normalized spacial score (nSPS) is 11.5. The van der Waals surface area contributed by atoms with Crippen LogP contribution in [0.5, 0.6) is 0 Å². The zero-order valence-corrected chi connectivity index (χ0v) is 11.9. The third-order valence-electron chi connectivity index (χ3n) is 3.11. The number of ketones is 1. The minimum atomic E-state index is -1.18. The average Bonchev–Trinajstić information content (AvgIpc) is 2.52. The SMILES string of the molecule is CC(=O)NC(C(=O)O)c1cccc(C(=O)c2ccccc2)c1. The van der Waals surface area contributed by atoms with Gasteiger partial charge < -0.3 is 10.4 Å². The Morgan fingerprint density at radius 2 is 1.59 bits per heavy atom. The van der Waals surface area contributed by atoms with E-state index in [9.17, 15) is 19.5 Å². The molecular weight excluding hydrogens is 282 g/mol. The fourth-order valence-electron chi connectivity index (χ4n) is 2.11. The molecule has 0 bridgehead atoms. The number of rotatable bonds is 5. The molecule has 0 fully saturated rings. The van der Waals surface area contributed by atoms with Crippen molar-refractivity contribution in [1.82, 2.24) is 5.32 Å². The van der Waals surface area contributed by atoms with Gasteiger partial charge in [0.1, 0.15) is 0 Å². The van der Waals surface area contributed by atoms with Crippen LogP contribution in [0, 0.1) is 0 Å². The molecule has 2 N–H and O–H groups in total. The number of nitrogens with one attached hydrogen (secondary N) is 1. The minimum Gasteiger partial charge on any atom is -0.479 e. The van der Waals surface area contributed by atoms with E-state index in [1.54, 1.807) is 42.5 Å². The van der Waals surface area contributed by atoms with Gasteiger partial charge in [-0.25, -0.2) is 4.79 Å². The summed E-state index contributed by atoms with van der Waals surface area (Å²) >= 11 is 0. The molecule has 1 atom stereocenters. The van der Waals surface area contributed by atoms with Crippen LogP contribution in [0.4, 0.5) is 0 Å². The van der Waals surface area contributed by atoms with Gasteiger partial charge in [0.2, 0.25) is 5.91 Å². The summed E-state index contributed by atoms with van der Waals surface area (Å²) in [4.78, 5) is 34.8. The van der Waals surface area contributed by atoms with Gasteiger partial charge in [-0.3, -0.25) is 9.59 Å². The molecule has 5 nitrogen and oxygen atoms in total. The van der Waals surface area contributed by atoms with Crippen LogP contribution >= 0.6 is 0 Å². The van der Waals surface area contributed by atoms with E-state index in [-0.39, 0.29) is 5.78 Å². The Kier molecular flexibility index (Phi) is 4.68. The van der Waals surface area contributed by atoms with Gasteiger partial charge >= 0.3 is 5.97 Å². The highest BCUT2D eigenvalue weighted by Crippen LogP contribution is 2.17. The van der Waals surface area contributed by atoms with Crippen molar-refractivity contribution >= 4 is 17.7 Å². The van der Waals surface area contributed by atoms with E-state index in [4.69, 9.17) is 0 Å². The molecule has 2 aromatic rings. The van der Waals surface area contributed by atoms with Crippen molar-refractivity contribution in [1.29, 1.82) is 0 Å². The fraction of sp³-hybridized carbons (Fsp3) is 0.118. The van der Waals surface area contributed by atoms with Gasteiger partial charge in [-0.05, 0) is 11.6 Å². The van der Waals surface area contributed by atoms with E-state index in [1.165, 1.54) is 13.0 Å². The Balaban J connectivity index is 2.35. The van der Waals surface area contributed by atoms with Gasteiger partial charge in [-0.1, -0.05) is 48.5 Å². The van der Waals surface area contributed by atoms with E-state index in [2.05, 4.69) is 5.32 Å². The number of carboxylic acids is 1. The van der Waals surface area contributed by atoms with Crippen molar-refractivity contribution in [3.63, 3.8) is 0 Å². The number of hydrogen-bond acceptors (Lipinski definition) is 3. The second-order valence-electron chi connectivity index (χ2n) is 4.79. The Labute approximate surface area is 127 Å². The summed E-state index contributed by atoms with van der Waals surface area (Å²) in [6, 6.07) is 13.8. The highest BCUT2D eigenvalue weighted by Gasteiger charge is 2.21. The summed E-state index contributed by atoms with van der Waals surface area (Å²) in [5, 5.41) is 11.6. The van der Waals surface area contributed by atoms with Crippen LogP contribution in [0.1, 0.15) is 34.5 Å². The molecule has 2 aromatic carbocycles. The average molecular weight is 297 g/mol. The van der Waals surface area contributed by atoms with Crippen molar-refractivity contribution in [2.75, 3.05) is 0 Å². The van der Waals surface area contributed by atoms with Crippen molar-refractivity contribution in [2.24, 2.45) is 0 Å². The fourth-order valence-corrected chi connectivity index (χ4v) is 2.11. The molecule has 0 aliphatic rings. The molecule has 1 unspecified atom stereocenters. The number of benzene rings is 2. The maximum Gasteiger partial charge on any atom is 0.330 e. The van der Waals surface area contributed by atoms with Crippen LogP contribution in [0.2, 0.25) is 0 Å². The number of hydrogen-bond donors (Lipinski definition) is 2. The highest BCUT2D eigenvalue weighted by molar-refractivity contribution is 6.09. The van der Waals surface area contributed by atoms with Gasteiger partial charge in [0.25, 0.3) is 0 Å². The lowest BCUT2D eigenvalue weighted by Gasteiger charge is -2.14. The molecule has 0 aliphatic carbocycles. The molecule has 0 spiro atoms. The molecule has 0 saturated heterocycles. The standard InChI is InChI=1S/C17H15NO4/c1-11(19)18-15(17(21)22)13-8-5-9-14(10-13)16(20)12-6-3-2-4-7-12/h2-10,15H,1H3,(H,18,19)(H,21,22). The molecule has 0 saturated carbocycles. The van der Waals surface area contributed by atoms with Crippen molar-refractivity contribution in [2.45, 2.75) is 13.0 Å². The second kappa shape index (κ2) is 6.67. The Hall–Kier alpha value is -2.95.